The van der Waals surface area contributed by atoms with E-state index in [4.69, 9.17) is 14.9 Å². The Morgan fingerprint density at radius 1 is 1.62 bits per heavy atom. The van der Waals surface area contributed by atoms with E-state index in [1.807, 2.05) is 29.3 Å². The van der Waals surface area contributed by atoms with Gasteiger partial charge >= 0.3 is 0 Å². The first kappa shape index (κ1) is 14.1. The van der Waals surface area contributed by atoms with Gasteiger partial charge in [0.2, 0.25) is 0 Å². The largest absolute Gasteiger partial charge is 0.462 e. The van der Waals surface area contributed by atoms with E-state index >= 15 is 0 Å². The van der Waals surface area contributed by atoms with Gasteiger partial charge in [-0.3, -0.25) is 0 Å². The third-order valence-electron chi connectivity index (χ3n) is 3.25. The van der Waals surface area contributed by atoms with Gasteiger partial charge in [0.05, 0.1) is 31.2 Å². The molecule has 0 saturated carbocycles. The summed E-state index contributed by atoms with van der Waals surface area (Å²) in [6.07, 6.45) is 1.84. The highest BCUT2D eigenvalue weighted by molar-refractivity contribution is 7.13. The highest BCUT2D eigenvalue weighted by atomic mass is 32.1. The number of guanidine groups is 1. The van der Waals surface area contributed by atoms with Crippen molar-refractivity contribution in [3.63, 3.8) is 0 Å². The number of furan rings is 1. The molecule has 0 amide bonds. The van der Waals surface area contributed by atoms with Gasteiger partial charge in [-0.1, -0.05) is 0 Å². The molecule has 6 nitrogen and oxygen atoms in total. The van der Waals surface area contributed by atoms with Crippen LogP contribution in [0.1, 0.15) is 12.6 Å². The number of aromatic nitrogens is 1. The smallest absolute Gasteiger partial charge is 0.191 e. The van der Waals surface area contributed by atoms with E-state index in [-0.39, 0.29) is 6.10 Å². The molecule has 1 unspecified atom stereocenters. The van der Waals surface area contributed by atoms with E-state index < -0.39 is 0 Å². The summed E-state index contributed by atoms with van der Waals surface area (Å²) in [5, 5.41) is 2.85. The number of nitrogens with zero attached hydrogens (tertiary/aromatic N) is 3. The second-order valence-electron chi connectivity index (χ2n) is 4.92. The van der Waals surface area contributed by atoms with Gasteiger partial charge in [0.25, 0.3) is 0 Å². The van der Waals surface area contributed by atoms with Crippen molar-refractivity contribution in [2.45, 2.75) is 19.6 Å². The molecular weight excluding hydrogens is 288 g/mol. The van der Waals surface area contributed by atoms with Gasteiger partial charge in [-0.2, -0.15) is 0 Å². The van der Waals surface area contributed by atoms with Crippen LogP contribution in [-0.2, 0) is 11.3 Å². The van der Waals surface area contributed by atoms with Crippen LogP contribution >= 0.6 is 11.3 Å². The fraction of sp³-hybridized carbons (Fsp3) is 0.429. The Morgan fingerprint density at radius 2 is 2.52 bits per heavy atom. The van der Waals surface area contributed by atoms with E-state index in [0.29, 0.717) is 19.1 Å². The van der Waals surface area contributed by atoms with Crippen molar-refractivity contribution in [3.8, 4) is 10.8 Å². The van der Waals surface area contributed by atoms with Crippen LogP contribution in [0.4, 0.5) is 0 Å². The zero-order valence-corrected chi connectivity index (χ0v) is 12.7. The number of rotatable bonds is 3. The number of hydrogen-bond donors (Lipinski definition) is 1. The average Bonchev–Trinajstić information content (AvgIpc) is 3.15. The van der Waals surface area contributed by atoms with Gasteiger partial charge in [-0.25, -0.2) is 9.98 Å². The van der Waals surface area contributed by atoms with Crippen molar-refractivity contribution in [1.29, 1.82) is 0 Å². The van der Waals surface area contributed by atoms with E-state index in [9.17, 15) is 0 Å². The number of hydrogen-bond acceptors (Lipinski definition) is 5. The second kappa shape index (κ2) is 6.28. The van der Waals surface area contributed by atoms with Crippen molar-refractivity contribution in [2.24, 2.45) is 10.7 Å². The zero-order chi connectivity index (χ0) is 14.7. The minimum atomic E-state index is 0.192. The summed E-state index contributed by atoms with van der Waals surface area (Å²) < 4.78 is 10.8. The number of thiazole rings is 1. The van der Waals surface area contributed by atoms with Crippen molar-refractivity contribution in [1.82, 2.24) is 9.88 Å². The Labute approximate surface area is 127 Å². The van der Waals surface area contributed by atoms with Crippen LogP contribution in [0.3, 0.4) is 0 Å². The van der Waals surface area contributed by atoms with Crippen LogP contribution in [0.2, 0.25) is 0 Å². The first-order valence-corrected chi connectivity index (χ1v) is 7.75. The first-order valence-electron chi connectivity index (χ1n) is 6.87. The topological polar surface area (TPSA) is 76.9 Å². The van der Waals surface area contributed by atoms with Gasteiger partial charge in [-0.15, -0.1) is 11.3 Å². The van der Waals surface area contributed by atoms with Crippen LogP contribution in [0.5, 0.6) is 0 Å². The monoisotopic (exact) mass is 306 g/mol. The summed E-state index contributed by atoms with van der Waals surface area (Å²) in [4.78, 5) is 11.0. The van der Waals surface area contributed by atoms with E-state index in [1.165, 1.54) is 0 Å². The number of aliphatic imine (C=N–C) groups is 1. The Bertz CT molecular complexity index is 608. The maximum atomic E-state index is 6.04. The lowest BCUT2D eigenvalue weighted by molar-refractivity contribution is 0.00528. The Balaban J connectivity index is 1.62. The van der Waals surface area contributed by atoms with E-state index in [1.54, 1.807) is 17.6 Å². The molecule has 2 N–H and O–H groups in total. The van der Waals surface area contributed by atoms with Crippen LogP contribution in [0.15, 0.2) is 33.2 Å². The predicted molar refractivity (Wildman–Crippen MR) is 82.1 cm³/mol. The van der Waals surface area contributed by atoms with Crippen molar-refractivity contribution in [3.05, 3.63) is 29.5 Å². The fourth-order valence-electron chi connectivity index (χ4n) is 2.18. The molecule has 3 heterocycles. The van der Waals surface area contributed by atoms with Gasteiger partial charge in [-0.05, 0) is 19.1 Å². The maximum Gasteiger partial charge on any atom is 0.191 e. The normalized spacial score (nSPS) is 20.0. The summed E-state index contributed by atoms with van der Waals surface area (Å²) in [7, 11) is 0. The molecule has 1 atom stereocenters. The lowest BCUT2D eigenvalue weighted by Gasteiger charge is -2.31. The first-order chi connectivity index (χ1) is 10.2. The Kier molecular flexibility index (Phi) is 4.21. The SMILES string of the molecule is CC1CN(C(N)=NCc2csc(-c3ccco3)n2)CCO1. The molecule has 112 valence electrons. The molecule has 1 fully saturated rings. The molecule has 1 aliphatic rings. The quantitative estimate of drug-likeness (QED) is 0.692. The lowest BCUT2D eigenvalue weighted by Crippen LogP contribution is -2.47. The lowest BCUT2D eigenvalue weighted by atomic mass is 10.3. The van der Waals surface area contributed by atoms with Crippen LogP contribution in [-0.4, -0.2) is 41.6 Å². The minimum absolute atomic E-state index is 0.192. The molecule has 1 saturated heterocycles. The third kappa shape index (κ3) is 3.43. The molecular formula is C14H18N4O2S. The summed E-state index contributed by atoms with van der Waals surface area (Å²) >= 11 is 1.55. The summed E-state index contributed by atoms with van der Waals surface area (Å²) in [5.74, 6) is 1.34. The minimum Gasteiger partial charge on any atom is -0.462 e. The van der Waals surface area contributed by atoms with Crippen LogP contribution in [0.25, 0.3) is 10.8 Å². The third-order valence-corrected chi connectivity index (χ3v) is 4.16. The summed E-state index contributed by atoms with van der Waals surface area (Å²) in [6.45, 7) is 4.78. The predicted octanol–water partition coefficient (Wildman–Crippen LogP) is 1.94. The molecule has 0 aromatic carbocycles. The fourth-order valence-corrected chi connectivity index (χ4v) is 2.96. The van der Waals surface area contributed by atoms with Gasteiger partial charge < -0.3 is 19.8 Å². The van der Waals surface area contributed by atoms with E-state index in [2.05, 4.69) is 9.98 Å². The standard InChI is InChI=1S/C14H18N4O2S/c1-10-8-18(4-6-19-10)14(15)16-7-11-9-21-13(17-11)12-3-2-5-20-12/h2-3,5,9-10H,4,6-8H2,1H3,(H2,15,16). The number of morpholine rings is 1. The molecule has 0 spiro atoms. The van der Waals surface area contributed by atoms with Gasteiger partial charge in [0.15, 0.2) is 16.7 Å². The maximum absolute atomic E-state index is 6.04. The zero-order valence-electron chi connectivity index (χ0n) is 11.9. The molecule has 1 aliphatic heterocycles. The van der Waals surface area contributed by atoms with Crippen molar-refractivity contribution >= 4 is 17.3 Å². The van der Waals surface area contributed by atoms with Gasteiger partial charge in [0.1, 0.15) is 0 Å². The van der Waals surface area contributed by atoms with E-state index in [0.717, 1.165) is 29.6 Å². The molecule has 0 bridgehead atoms. The average molecular weight is 306 g/mol. The highest BCUT2D eigenvalue weighted by Crippen LogP contribution is 2.24. The molecule has 0 aliphatic carbocycles. The van der Waals surface area contributed by atoms with Gasteiger partial charge in [0, 0.05) is 18.5 Å². The van der Waals surface area contributed by atoms with Crippen molar-refractivity contribution < 1.29 is 9.15 Å². The molecule has 3 rings (SSSR count). The Hall–Kier alpha value is -1.86. The highest BCUT2D eigenvalue weighted by Gasteiger charge is 2.18. The molecule has 0 radical (unpaired) electrons. The van der Waals surface area contributed by atoms with Crippen LogP contribution in [0, 0.1) is 0 Å². The van der Waals surface area contributed by atoms with Crippen LogP contribution < -0.4 is 5.73 Å². The number of nitrogens with two attached hydrogens (primary N) is 1. The summed E-state index contributed by atoms with van der Waals surface area (Å²) in [6, 6.07) is 3.75. The molecule has 2 aromatic rings. The second-order valence-corrected chi connectivity index (χ2v) is 5.78. The molecule has 7 heteroatoms. The van der Waals surface area contributed by atoms with Crippen molar-refractivity contribution in [2.75, 3.05) is 19.7 Å². The molecule has 21 heavy (non-hydrogen) atoms. The Morgan fingerprint density at radius 3 is 3.29 bits per heavy atom. The molecule has 2 aromatic heterocycles. The summed E-state index contributed by atoms with van der Waals surface area (Å²) in [5.41, 5.74) is 6.94. The number of ether oxygens (including phenoxy) is 1.